The zero-order chi connectivity index (χ0) is 21.5. The van der Waals surface area contributed by atoms with Crippen molar-refractivity contribution in [3.8, 4) is 0 Å². The first kappa shape index (κ1) is 22.4. The van der Waals surface area contributed by atoms with Gasteiger partial charge < -0.3 is 20.4 Å². The second-order valence-corrected chi connectivity index (χ2v) is 8.34. The summed E-state index contributed by atoms with van der Waals surface area (Å²) in [4.78, 5) is 42.4. The van der Waals surface area contributed by atoms with Gasteiger partial charge in [-0.05, 0) is 50.6 Å². The first-order chi connectivity index (χ1) is 14.4. The van der Waals surface area contributed by atoms with E-state index in [-0.39, 0.29) is 30.9 Å². The quantitative estimate of drug-likeness (QED) is 0.715. The lowest BCUT2D eigenvalue weighted by Crippen LogP contribution is -2.55. The number of carbonyl (C=O) groups excluding carboxylic acids is 3. The monoisotopic (exact) mass is 435 g/mol. The van der Waals surface area contributed by atoms with E-state index in [0.717, 1.165) is 13.1 Å². The minimum Gasteiger partial charge on any atom is -0.353 e. The summed E-state index contributed by atoms with van der Waals surface area (Å²) in [7, 11) is 0. The van der Waals surface area contributed by atoms with Gasteiger partial charge in [-0.3, -0.25) is 14.5 Å². The summed E-state index contributed by atoms with van der Waals surface area (Å²) in [5.41, 5.74) is 0.613. The number of benzene rings is 1. The van der Waals surface area contributed by atoms with Crippen molar-refractivity contribution in [2.24, 2.45) is 0 Å². The molecule has 3 rings (SSSR count). The van der Waals surface area contributed by atoms with Gasteiger partial charge in [0.15, 0.2) is 0 Å². The molecule has 30 heavy (non-hydrogen) atoms. The standard InChI is InChI=1S/C21H30ClN5O3/c1-16-4-2-3-10-25(16)11-9-23-19(28)14-26-12-13-27(15-20(26)29)21(30)24-18-7-5-17(22)6-8-18/h5-8,16H,2-4,9-15H2,1H3,(H,23,28)(H,24,30). The molecule has 2 heterocycles. The van der Waals surface area contributed by atoms with Crippen molar-refractivity contribution >= 4 is 35.1 Å². The first-order valence-electron chi connectivity index (χ1n) is 10.5. The molecule has 2 saturated heterocycles. The molecule has 0 spiro atoms. The van der Waals surface area contributed by atoms with E-state index >= 15 is 0 Å². The maximum absolute atomic E-state index is 12.4. The lowest BCUT2D eigenvalue weighted by atomic mass is 10.0. The molecular weight excluding hydrogens is 406 g/mol. The average Bonchev–Trinajstić information content (AvgIpc) is 2.72. The predicted molar refractivity (Wildman–Crippen MR) is 117 cm³/mol. The van der Waals surface area contributed by atoms with Crippen LogP contribution in [-0.2, 0) is 9.59 Å². The van der Waals surface area contributed by atoms with Crippen molar-refractivity contribution in [2.75, 3.05) is 51.1 Å². The molecule has 2 aliphatic heterocycles. The lowest BCUT2D eigenvalue weighted by Gasteiger charge is -2.34. The van der Waals surface area contributed by atoms with Crippen LogP contribution < -0.4 is 10.6 Å². The van der Waals surface area contributed by atoms with Crippen LogP contribution in [0.15, 0.2) is 24.3 Å². The minimum absolute atomic E-state index is 0.0288. The van der Waals surface area contributed by atoms with E-state index in [2.05, 4.69) is 22.5 Å². The number of urea groups is 1. The van der Waals surface area contributed by atoms with Crippen molar-refractivity contribution in [3.63, 3.8) is 0 Å². The Kier molecular flexibility index (Phi) is 7.93. The summed E-state index contributed by atoms with van der Waals surface area (Å²) in [6.45, 7) is 5.42. The summed E-state index contributed by atoms with van der Waals surface area (Å²) >= 11 is 5.84. The van der Waals surface area contributed by atoms with Crippen LogP contribution in [0, 0.1) is 0 Å². The number of likely N-dealkylation sites (tertiary alicyclic amines) is 1. The van der Waals surface area contributed by atoms with Crippen LogP contribution in [0.4, 0.5) is 10.5 Å². The number of hydrogen-bond acceptors (Lipinski definition) is 4. The highest BCUT2D eigenvalue weighted by atomic mass is 35.5. The molecule has 1 unspecified atom stereocenters. The van der Waals surface area contributed by atoms with Crippen LogP contribution in [0.5, 0.6) is 0 Å². The highest BCUT2D eigenvalue weighted by Crippen LogP contribution is 2.16. The maximum atomic E-state index is 12.4. The number of nitrogens with zero attached hydrogens (tertiary/aromatic N) is 3. The summed E-state index contributed by atoms with van der Waals surface area (Å²) in [5.74, 6) is -0.389. The Labute approximate surface area is 182 Å². The molecule has 2 aliphatic rings. The van der Waals surface area contributed by atoms with Crippen molar-refractivity contribution in [2.45, 2.75) is 32.2 Å². The Morgan fingerprint density at radius 2 is 1.90 bits per heavy atom. The number of hydrogen-bond donors (Lipinski definition) is 2. The third-order valence-corrected chi connectivity index (χ3v) is 5.95. The Hall–Kier alpha value is -2.32. The summed E-state index contributed by atoms with van der Waals surface area (Å²) in [5, 5.41) is 6.25. The van der Waals surface area contributed by atoms with Gasteiger partial charge in [-0.1, -0.05) is 18.0 Å². The topological polar surface area (TPSA) is 85.0 Å². The maximum Gasteiger partial charge on any atom is 0.322 e. The van der Waals surface area contributed by atoms with Crippen LogP contribution in [-0.4, -0.2) is 84.4 Å². The van der Waals surface area contributed by atoms with E-state index in [0.29, 0.717) is 36.4 Å². The molecule has 2 fully saturated rings. The largest absolute Gasteiger partial charge is 0.353 e. The van der Waals surface area contributed by atoms with Crippen molar-refractivity contribution < 1.29 is 14.4 Å². The molecule has 164 valence electrons. The summed E-state index contributed by atoms with van der Waals surface area (Å²) < 4.78 is 0. The van der Waals surface area contributed by atoms with Crippen LogP contribution in [0.1, 0.15) is 26.2 Å². The summed E-state index contributed by atoms with van der Waals surface area (Å²) in [6, 6.07) is 6.99. The van der Waals surface area contributed by atoms with Gasteiger partial charge >= 0.3 is 6.03 Å². The number of anilines is 1. The van der Waals surface area contributed by atoms with E-state index in [9.17, 15) is 14.4 Å². The molecule has 0 saturated carbocycles. The Bertz CT molecular complexity index is 758. The SMILES string of the molecule is CC1CCCCN1CCNC(=O)CN1CCN(C(=O)Nc2ccc(Cl)cc2)CC1=O. The fraction of sp³-hybridized carbons (Fsp3) is 0.571. The third kappa shape index (κ3) is 6.34. The molecule has 2 N–H and O–H groups in total. The van der Waals surface area contributed by atoms with Crippen LogP contribution in [0.3, 0.4) is 0 Å². The van der Waals surface area contributed by atoms with Gasteiger partial charge in [-0.25, -0.2) is 4.79 Å². The highest BCUT2D eigenvalue weighted by molar-refractivity contribution is 6.30. The van der Waals surface area contributed by atoms with Gasteiger partial charge in [-0.15, -0.1) is 0 Å². The van der Waals surface area contributed by atoms with Crippen molar-refractivity contribution in [1.82, 2.24) is 20.0 Å². The second-order valence-electron chi connectivity index (χ2n) is 7.90. The molecule has 9 heteroatoms. The van der Waals surface area contributed by atoms with Crippen LogP contribution in [0.25, 0.3) is 0 Å². The van der Waals surface area contributed by atoms with E-state index in [4.69, 9.17) is 11.6 Å². The summed E-state index contributed by atoms with van der Waals surface area (Å²) in [6.07, 6.45) is 3.69. The molecule has 4 amide bonds. The van der Waals surface area contributed by atoms with E-state index in [1.54, 1.807) is 24.3 Å². The minimum atomic E-state index is -0.342. The Morgan fingerprint density at radius 1 is 1.13 bits per heavy atom. The number of piperidine rings is 1. The third-order valence-electron chi connectivity index (χ3n) is 5.70. The molecule has 1 atom stereocenters. The molecule has 1 aromatic rings. The number of carbonyl (C=O) groups is 3. The molecule has 0 aliphatic carbocycles. The lowest BCUT2D eigenvalue weighted by molar-refractivity contribution is -0.139. The molecule has 0 bridgehead atoms. The fourth-order valence-corrected chi connectivity index (χ4v) is 3.97. The molecule has 8 nitrogen and oxygen atoms in total. The number of halogens is 1. The Balaban J connectivity index is 1.38. The predicted octanol–water partition coefficient (Wildman–Crippen LogP) is 2.01. The normalized spacial score (nSPS) is 20.2. The molecule has 0 aromatic heterocycles. The molecular formula is C21H30ClN5O3. The second kappa shape index (κ2) is 10.6. The number of nitrogens with one attached hydrogen (secondary N) is 2. The zero-order valence-corrected chi connectivity index (χ0v) is 18.2. The van der Waals surface area contributed by atoms with E-state index < -0.39 is 0 Å². The highest BCUT2D eigenvalue weighted by Gasteiger charge is 2.28. The zero-order valence-electron chi connectivity index (χ0n) is 17.4. The van der Waals surface area contributed by atoms with Crippen LogP contribution in [0.2, 0.25) is 5.02 Å². The van der Waals surface area contributed by atoms with Gasteiger partial charge in [0.2, 0.25) is 11.8 Å². The fourth-order valence-electron chi connectivity index (χ4n) is 3.84. The number of amides is 4. The average molecular weight is 436 g/mol. The Morgan fingerprint density at radius 3 is 2.60 bits per heavy atom. The van der Waals surface area contributed by atoms with Crippen LogP contribution >= 0.6 is 11.6 Å². The van der Waals surface area contributed by atoms with Crippen molar-refractivity contribution in [1.29, 1.82) is 0 Å². The van der Waals surface area contributed by atoms with Gasteiger partial charge in [0.05, 0.1) is 6.54 Å². The molecule has 1 aromatic carbocycles. The van der Waals surface area contributed by atoms with Gasteiger partial charge in [0, 0.05) is 42.9 Å². The van der Waals surface area contributed by atoms with Gasteiger partial charge in [-0.2, -0.15) is 0 Å². The van der Waals surface area contributed by atoms with Gasteiger partial charge in [0.1, 0.15) is 6.54 Å². The molecule has 0 radical (unpaired) electrons. The first-order valence-corrected chi connectivity index (χ1v) is 10.9. The number of piperazine rings is 1. The van der Waals surface area contributed by atoms with E-state index in [1.165, 1.54) is 29.1 Å². The van der Waals surface area contributed by atoms with Crippen molar-refractivity contribution in [3.05, 3.63) is 29.3 Å². The van der Waals surface area contributed by atoms with Gasteiger partial charge in [0.25, 0.3) is 0 Å². The smallest absolute Gasteiger partial charge is 0.322 e. The number of rotatable bonds is 6. The van der Waals surface area contributed by atoms with E-state index in [1.807, 2.05) is 0 Å².